The van der Waals surface area contributed by atoms with E-state index in [2.05, 4.69) is 15.2 Å². The maximum absolute atomic E-state index is 12.7. The van der Waals surface area contributed by atoms with Gasteiger partial charge in [-0.2, -0.15) is 26.3 Å². The Bertz CT molecular complexity index is 900. The number of alkyl halides is 6. The fourth-order valence-electron chi connectivity index (χ4n) is 4.68. The van der Waals surface area contributed by atoms with Crippen LogP contribution in [0.25, 0.3) is 0 Å². The lowest BCUT2D eigenvalue weighted by Crippen LogP contribution is -2.44. The van der Waals surface area contributed by atoms with Crippen LogP contribution < -0.4 is 5.32 Å². The van der Waals surface area contributed by atoms with E-state index in [0.717, 1.165) is 31.4 Å². The molecule has 3 atom stereocenters. The van der Waals surface area contributed by atoms with Crippen molar-refractivity contribution in [2.45, 2.75) is 50.6 Å². The Morgan fingerprint density at radius 1 is 0.974 bits per heavy atom. The first-order chi connectivity index (χ1) is 17.7. The van der Waals surface area contributed by atoms with Crippen molar-refractivity contribution in [3.8, 4) is 0 Å². The SMILES string of the molecule is O=C(NCc1ccccn1)[C@H]1COC[C@H]2CN(C3CCCC3)C[C@H]21.O=C(O)C(F)(F)F.O=C(O)C(F)(F)F. The number of nitrogens with zero attached hydrogens (tertiary/aromatic N) is 2. The van der Waals surface area contributed by atoms with E-state index in [4.69, 9.17) is 24.5 Å². The predicted octanol–water partition coefficient (Wildman–Crippen LogP) is 3.10. The summed E-state index contributed by atoms with van der Waals surface area (Å²) in [5, 5.41) is 17.3. The van der Waals surface area contributed by atoms with Gasteiger partial charge in [0.1, 0.15) is 0 Å². The molecule has 9 nitrogen and oxygen atoms in total. The molecule has 0 radical (unpaired) electrons. The summed E-state index contributed by atoms with van der Waals surface area (Å²) < 4.78 is 69.2. The van der Waals surface area contributed by atoms with Crippen LogP contribution in [0.4, 0.5) is 26.3 Å². The number of ether oxygens (including phenoxy) is 1. The number of likely N-dealkylation sites (tertiary alicyclic amines) is 1. The molecule has 0 bridgehead atoms. The van der Waals surface area contributed by atoms with Crippen LogP contribution in [0.15, 0.2) is 24.4 Å². The van der Waals surface area contributed by atoms with Gasteiger partial charge in [-0.15, -0.1) is 0 Å². The molecule has 0 spiro atoms. The number of carboxylic acids is 2. The highest BCUT2D eigenvalue weighted by Crippen LogP contribution is 2.37. The molecule has 38 heavy (non-hydrogen) atoms. The molecule has 0 unspecified atom stereocenters. The summed E-state index contributed by atoms with van der Waals surface area (Å²) >= 11 is 0. The van der Waals surface area contributed by atoms with Gasteiger partial charge in [-0.1, -0.05) is 18.9 Å². The van der Waals surface area contributed by atoms with Crippen molar-refractivity contribution >= 4 is 17.8 Å². The number of carboxylic acid groups (broad SMARTS) is 2. The number of fused-ring (bicyclic) bond motifs is 1. The van der Waals surface area contributed by atoms with Gasteiger partial charge in [-0.25, -0.2) is 9.59 Å². The van der Waals surface area contributed by atoms with Crippen LogP contribution in [0.3, 0.4) is 0 Å². The van der Waals surface area contributed by atoms with Gasteiger partial charge in [0, 0.05) is 25.3 Å². The van der Waals surface area contributed by atoms with Crippen LogP contribution in [0.2, 0.25) is 0 Å². The molecule has 2 aliphatic heterocycles. The van der Waals surface area contributed by atoms with Gasteiger partial charge in [-0.05, 0) is 36.8 Å². The van der Waals surface area contributed by atoms with Gasteiger partial charge in [0.25, 0.3) is 0 Å². The van der Waals surface area contributed by atoms with E-state index in [1.807, 2.05) is 18.2 Å². The molecule has 3 heterocycles. The molecule has 1 aliphatic carbocycles. The lowest BCUT2D eigenvalue weighted by Gasteiger charge is -2.32. The molecule has 1 aromatic heterocycles. The van der Waals surface area contributed by atoms with Gasteiger partial charge in [-0.3, -0.25) is 14.7 Å². The Morgan fingerprint density at radius 3 is 2.05 bits per heavy atom. The standard InChI is InChI=1S/C19H27N3O2.2C2HF3O2/c23-19(21-9-15-5-3-4-8-20-15)18-13-24-12-14-10-22(11-17(14)18)16-6-1-2-7-16;2*3-2(4,5)1(6)7/h3-5,8,14,16-18H,1-2,6-7,9-13H2,(H,21,23);2*(H,6,7)/t14-,17-,18+;;/m1../s1. The molecule has 3 fully saturated rings. The maximum Gasteiger partial charge on any atom is 0.490 e. The number of hydrogen-bond acceptors (Lipinski definition) is 6. The Balaban J connectivity index is 0.000000301. The van der Waals surface area contributed by atoms with Gasteiger partial charge in [0.05, 0.1) is 31.4 Å². The number of aromatic nitrogens is 1. The fourth-order valence-corrected chi connectivity index (χ4v) is 4.68. The molecule has 3 N–H and O–H groups in total. The van der Waals surface area contributed by atoms with E-state index in [9.17, 15) is 31.1 Å². The number of carbonyl (C=O) groups excluding carboxylic acids is 1. The molecular weight excluding hydrogens is 528 g/mol. The molecular formula is C23H29F6N3O6. The Morgan fingerprint density at radius 2 is 1.55 bits per heavy atom. The molecule has 0 aromatic carbocycles. The number of nitrogens with one attached hydrogen (secondary N) is 1. The van der Waals surface area contributed by atoms with Gasteiger partial charge >= 0.3 is 24.3 Å². The molecule has 214 valence electrons. The predicted molar refractivity (Wildman–Crippen MR) is 119 cm³/mol. The van der Waals surface area contributed by atoms with Crippen LogP contribution in [0, 0.1) is 17.8 Å². The smallest absolute Gasteiger partial charge is 0.475 e. The fraction of sp³-hybridized carbons (Fsp3) is 0.652. The van der Waals surface area contributed by atoms with Crippen molar-refractivity contribution in [1.29, 1.82) is 0 Å². The zero-order valence-corrected chi connectivity index (χ0v) is 20.2. The minimum absolute atomic E-state index is 0.0149. The number of amides is 1. The number of halogens is 6. The van der Waals surface area contributed by atoms with Crippen LogP contribution in [0.5, 0.6) is 0 Å². The normalized spacial score (nSPS) is 23.8. The van der Waals surface area contributed by atoms with Gasteiger partial charge in [0.15, 0.2) is 0 Å². The van der Waals surface area contributed by atoms with E-state index in [-0.39, 0.29) is 11.8 Å². The van der Waals surface area contributed by atoms with Crippen LogP contribution in [0.1, 0.15) is 31.4 Å². The molecule has 15 heteroatoms. The molecule has 1 aromatic rings. The highest BCUT2D eigenvalue weighted by Gasteiger charge is 2.45. The number of aliphatic carboxylic acids is 2. The molecule has 1 amide bonds. The first-order valence-electron chi connectivity index (χ1n) is 11.8. The first kappa shape index (κ1) is 31.3. The van der Waals surface area contributed by atoms with Crippen molar-refractivity contribution in [3.05, 3.63) is 30.1 Å². The zero-order chi connectivity index (χ0) is 28.5. The zero-order valence-electron chi connectivity index (χ0n) is 20.2. The van der Waals surface area contributed by atoms with E-state index in [0.29, 0.717) is 25.0 Å². The maximum atomic E-state index is 12.7. The summed E-state index contributed by atoms with van der Waals surface area (Å²) in [4.78, 5) is 37.4. The van der Waals surface area contributed by atoms with E-state index >= 15 is 0 Å². The van der Waals surface area contributed by atoms with Gasteiger partial charge < -0.3 is 20.3 Å². The highest BCUT2D eigenvalue weighted by atomic mass is 19.4. The van der Waals surface area contributed by atoms with Crippen molar-refractivity contribution in [1.82, 2.24) is 15.2 Å². The van der Waals surface area contributed by atoms with E-state index < -0.39 is 24.3 Å². The van der Waals surface area contributed by atoms with Crippen LogP contribution >= 0.6 is 0 Å². The summed E-state index contributed by atoms with van der Waals surface area (Å²) in [6, 6.07) is 6.52. The highest BCUT2D eigenvalue weighted by molar-refractivity contribution is 5.79. The third-order valence-electron chi connectivity index (χ3n) is 6.50. The molecule has 1 saturated carbocycles. The number of hydrogen-bond donors (Lipinski definition) is 3. The van der Waals surface area contributed by atoms with E-state index in [1.54, 1.807) is 6.20 Å². The van der Waals surface area contributed by atoms with Crippen molar-refractivity contribution in [2.24, 2.45) is 17.8 Å². The van der Waals surface area contributed by atoms with Crippen molar-refractivity contribution < 1.29 is 55.7 Å². The minimum atomic E-state index is -5.08. The topological polar surface area (TPSA) is 129 Å². The monoisotopic (exact) mass is 557 g/mol. The largest absolute Gasteiger partial charge is 0.490 e. The minimum Gasteiger partial charge on any atom is -0.475 e. The summed E-state index contributed by atoms with van der Waals surface area (Å²) in [7, 11) is 0. The third kappa shape index (κ3) is 9.74. The van der Waals surface area contributed by atoms with E-state index in [1.165, 1.54) is 25.7 Å². The second kappa shape index (κ2) is 13.7. The average molecular weight is 557 g/mol. The number of pyridine rings is 1. The Kier molecular flexibility index (Phi) is 11.3. The van der Waals surface area contributed by atoms with Crippen LogP contribution in [-0.4, -0.2) is 82.6 Å². The van der Waals surface area contributed by atoms with Crippen LogP contribution in [-0.2, 0) is 25.7 Å². The Hall–Kier alpha value is -2.94. The average Bonchev–Trinajstić information content (AvgIpc) is 3.52. The molecule has 3 aliphatic rings. The summed E-state index contributed by atoms with van der Waals surface area (Å²) in [6.07, 6.45) is -3.02. The summed E-state index contributed by atoms with van der Waals surface area (Å²) in [5.41, 5.74) is 0.901. The lowest BCUT2D eigenvalue weighted by molar-refractivity contribution is -0.193. The molecule has 4 rings (SSSR count). The Labute approximate surface area is 214 Å². The number of rotatable bonds is 4. The second-order valence-electron chi connectivity index (χ2n) is 9.10. The summed E-state index contributed by atoms with van der Waals surface area (Å²) in [5.74, 6) is -4.43. The molecule has 2 saturated heterocycles. The quantitative estimate of drug-likeness (QED) is 0.482. The third-order valence-corrected chi connectivity index (χ3v) is 6.50. The second-order valence-corrected chi connectivity index (χ2v) is 9.10. The first-order valence-corrected chi connectivity index (χ1v) is 11.8. The lowest BCUT2D eigenvalue weighted by atomic mass is 9.82. The summed E-state index contributed by atoms with van der Waals surface area (Å²) in [6.45, 7) is 4.06. The number of carbonyl (C=O) groups is 3. The van der Waals surface area contributed by atoms with Gasteiger partial charge in [0.2, 0.25) is 5.91 Å². The van der Waals surface area contributed by atoms with Crippen molar-refractivity contribution in [3.63, 3.8) is 0 Å². The van der Waals surface area contributed by atoms with Crippen molar-refractivity contribution in [2.75, 3.05) is 26.3 Å².